The van der Waals surface area contributed by atoms with E-state index in [0.29, 0.717) is 0 Å². The lowest BCUT2D eigenvalue weighted by Crippen LogP contribution is -2.46. The van der Waals surface area contributed by atoms with Crippen LogP contribution in [0.2, 0.25) is 0 Å². The van der Waals surface area contributed by atoms with Crippen molar-refractivity contribution < 1.29 is 32.7 Å². The number of carbonyl (C=O) groups is 3. The second-order valence-electron chi connectivity index (χ2n) is 4.31. The number of alkyl halides is 3. The fourth-order valence-corrected chi connectivity index (χ4v) is 1.64. The normalized spacial score (nSPS) is 12.6. The quantitative estimate of drug-likeness (QED) is 0.806. The van der Waals surface area contributed by atoms with E-state index in [4.69, 9.17) is 5.11 Å². The Balaban J connectivity index is 2.91. The average Bonchev–Trinajstić information content (AvgIpc) is 2.34. The molecule has 0 heterocycles. The molecule has 114 valence electrons. The number of aliphatic carboxylic acids is 1. The highest BCUT2D eigenvalue weighted by atomic mass is 19.4. The van der Waals surface area contributed by atoms with Crippen molar-refractivity contribution in [2.45, 2.75) is 25.6 Å². The maximum atomic E-state index is 12.5. The van der Waals surface area contributed by atoms with Crippen molar-refractivity contribution in [1.82, 2.24) is 5.32 Å². The number of carbonyl (C=O) groups excluding carboxylic acids is 2. The summed E-state index contributed by atoms with van der Waals surface area (Å²) in [5.74, 6) is -3.20. The van der Waals surface area contributed by atoms with Crippen LogP contribution in [0.3, 0.4) is 0 Å². The standard InChI is InChI=1S/C13H12F3NO4/c1-7(18)17-11(12(20)21)10(19)6-8-3-2-4-9(5-8)13(14,15)16/h2-5,11H,6H2,1H3,(H,17,18)(H,20,21). The van der Waals surface area contributed by atoms with Crippen LogP contribution in [0.15, 0.2) is 24.3 Å². The van der Waals surface area contributed by atoms with Crippen molar-refractivity contribution in [3.05, 3.63) is 35.4 Å². The van der Waals surface area contributed by atoms with Gasteiger partial charge in [-0.3, -0.25) is 9.59 Å². The number of rotatable bonds is 5. The molecule has 0 fully saturated rings. The van der Waals surface area contributed by atoms with Crippen molar-refractivity contribution in [3.8, 4) is 0 Å². The molecule has 1 aromatic carbocycles. The van der Waals surface area contributed by atoms with Gasteiger partial charge >= 0.3 is 12.1 Å². The molecule has 8 heteroatoms. The Hall–Kier alpha value is -2.38. The minimum Gasteiger partial charge on any atom is -0.479 e. The lowest BCUT2D eigenvalue weighted by atomic mass is 10.0. The smallest absolute Gasteiger partial charge is 0.416 e. The van der Waals surface area contributed by atoms with E-state index in [1.54, 1.807) is 0 Å². The van der Waals surface area contributed by atoms with Gasteiger partial charge in [-0.2, -0.15) is 13.2 Å². The van der Waals surface area contributed by atoms with Crippen LogP contribution in [0.5, 0.6) is 0 Å². The molecule has 1 atom stereocenters. The molecule has 0 bridgehead atoms. The van der Waals surface area contributed by atoms with E-state index in [1.165, 1.54) is 6.07 Å². The largest absolute Gasteiger partial charge is 0.479 e. The first-order chi connectivity index (χ1) is 9.61. The third-order valence-electron chi connectivity index (χ3n) is 2.55. The van der Waals surface area contributed by atoms with Gasteiger partial charge < -0.3 is 10.4 Å². The molecule has 1 aromatic rings. The highest BCUT2D eigenvalue weighted by Crippen LogP contribution is 2.29. The Labute approximate surface area is 117 Å². The lowest BCUT2D eigenvalue weighted by molar-refractivity contribution is -0.145. The van der Waals surface area contributed by atoms with E-state index in [1.807, 2.05) is 5.32 Å². The van der Waals surface area contributed by atoms with Crippen LogP contribution < -0.4 is 5.32 Å². The summed E-state index contributed by atoms with van der Waals surface area (Å²) in [5, 5.41) is 10.8. The van der Waals surface area contributed by atoms with Crippen molar-refractivity contribution >= 4 is 17.7 Å². The molecule has 0 aliphatic heterocycles. The summed E-state index contributed by atoms with van der Waals surface area (Å²) in [6, 6.07) is 2.23. The molecule has 0 radical (unpaired) electrons. The third kappa shape index (κ3) is 4.90. The van der Waals surface area contributed by atoms with E-state index in [0.717, 1.165) is 25.1 Å². The van der Waals surface area contributed by atoms with Crippen molar-refractivity contribution in [1.29, 1.82) is 0 Å². The SMILES string of the molecule is CC(=O)NC(C(=O)O)C(=O)Cc1cccc(C(F)(F)F)c1. The van der Waals surface area contributed by atoms with Gasteiger partial charge in [0, 0.05) is 13.3 Å². The Kier molecular flexibility index (Phi) is 5.07. The van der Waals surface area contributed by atoms with E-state index in [2.05, 4.69) is 0 Å². The van der Waals surface area contributed by atoms with Crippen LogP contribution in [0.1, 0.15) is 18.1 Å². The van der Waals surface area contributed by atoms with E-state index < -0.39 is 41.9 Å². The molecule has 0 aromatic heterocycles. The second kappa shape index (κ2) is 6.38. The Morgan fingerprint density at radius 2 is 1.90 bits per heavy atom. The summed E-state index contributed by atoms with van der Waals surface area (Å²) >= 11 is 0. The van der Waals surface area contributed by atoms with Crippen LogP contribution in [0.4, 0.5) is 13.2 Å². The number of benzene rings is 1. The van der Waals surface area contributed by atoms with Crippen LogP contribution in [-0.4, -0.2) is 28.8 Å². The Morgan fingerprint density at radius 3 is 2.38 bits per heavy atom. The number of ketones is 1. The second-order valence-corrected chi connectivity index (χ2v) is 4.31. The number of carboxylic acids is 1. The van der Waals surface area contributed by atoms with Crippen molar-refractivity contribution in [2.24, 2.45) is 0 Å². The van der Waals surface area contributed by atoms with Crippen LogP contribution in [0.25, 0.3) is 0 Å². The lowest BCUT2D eigenvalue weighted by Gasteiger charge is -2.13. The summed E-state index contributed by atoms with van der Waals surface area (Å²) < 4.78 is 37.6. The fraction of sp³-hybridized carbons (Fsp3) is 0.308. The highest BCUT2D eigenvalue weighted by Gasteiger charge is 2.31. The average molecular weight is 303 g/mol. The molecule has 5 nitrogen and oxygen atoms in total. The first-order valence-electron chi connectivity index (χ1n) is 5.80. The zero-order chi connectivity index (χ0) is 16.2. The fourth-order valence-electron chi connectivity index (χ4n) is 1.64. The maximum absolute atomic E-state index is 12.5. The molecule has 0 saturated heterocycles. The van der Waals surface area contributed by atoms with Crippen LogP contribution in [0, 0.1) is 0 Å². The van der Waals surface area contributed by atoms with Gasteiger partial charge in [0.15, 0.2) is 11.8 Å². The topological polar surface area (TPSA) is 83.5 Å². The molecule has 0 saturated carbocycles. The maximum Gasteiger partial charge on any atom is 0.416 e. The minimum absolute atomic E-state index is 0.0198. The number of halogens is 3. The summed E-state index contributed by atoms with van der Waals surface area (Å²) in [4.78, 5) is 33.5. The summed E-state index contributed by atoms with van der Waals surface area (Å²) in [7, 11) is 0. The van der Waals surface area contributed by atoms with Gasteiger partial charge in [-0.25, -0.2) is 4.79 Å². The monoisotopic (exact) mass is 303 g/mol. The molecule has 0 aliphatic carbocycles. The van der Waals surface area contributed by atoms with Gasteiger partial charge in [-0.15, -0.1) is 0 Å². The molecular formula is C13H12F3NO4. The predicted octanol–water partition coefficient (Wildman–Crippen LogP) is 1.41. The molecule has 1 rings (SSSR count). The highest BCUT2D eigenvalue weighted by molar-refractivity contribution is 6.05. The molecular weight excluding hydrogens is 291 g/mol. The summed E-state index contributed by atoms with van der Waals surface area (Å²) in [6.07, 6.45) is -5.08. The van der Waals surface area contributed by atoms with Crippen LogP contribution in [-0.2, 0) is 27.0 Å². The summed E-state index contributed by atoms with van der Waals surface area (Å²) in [5.41, 5.74) is -0.911. The first-order valence-corrected chi connectivity index (χ1v) is 5.80. The zero-order valence-electron chi connectivity index (χ0n) is 10.9. The minimum atomic E-state index is -4.55. The number of hydrogen-bond acceptors (Lipinski definition) is 3. The van der Waals surface area contributed by atoms with E-state index in [9.17, 15) is 27.6 Å². The number of nitrogens with one attached hydrogen (secondary N) is 1. The van der Waals surface area contributed by atoms with Gasteiger partial charge in [0.05, 0.1) is 5.56 Å². The Morgan fingerprint density at radius 1 is 1.29 bits per heavy atom. The predicted molar refractivity (Wildman–Crippen MR) is 65.4 cm³/mol. The van der Waals surface area contributed by atoms with Crippen molar-refractivity contribution in [2.75, 3.05) is 0 Å². The number of Topliss-reactive ketones (excluding diaryl/α,β-unsaturated/α-hetero) is 1. The molecule has 1 unspecified atom stereocenters. The molecule has 2 N–H and O–H groups in total. The molecule has 0 spiro atoms. The Bertz CT molecular complexity index is 569. The van der Waals surface area contributed by atoms with Gasteiger partial charge in [0.1, 0.15) is 0 Å². The first kappa shape index (κ1) is 16.7. The van der Waals surface area contributed by atoms with Gasteiger partial charge in [-0.05, 0) is 11.6 Å². The van der Waals surface area contributed by atoms with E-state index >= 15 is 0 Å². The number of amides is 1. The molecule has 0 aliphatic rings. The van der Waals surface area contributed by atoms with Gasteiger partial charge in [0.2, 0.25) is 5.91 Å². The summed E-state index contributed by atoms with van der Waals surface area (Å²) in [6.45, 7) is 1.04. The molecule has 1 amide bonds. The van der Waals surface area contributed by atoms with Crippen molar-refractivity contribution in [3.63, 3.8) is 0 Å². The zero-order valence-corrected chi connectivity index (χ0v) is 10.9. The van der Waals surface area contributed by atoms with Gasteiger partial charge in [0.25, 0.3) is 0 Å². The van der Waals surface area contributed by atoms with Gasteiger partial charge in [-0.1, -0.05) is 18.2 Å². The number of carboxylic acid groups (broad SMARTS) is 1. The van der Waals surface area contributed by atoms with Crippen LogP contribution >= 0.6 is 0 Å². The molecule has 21 heavy (non-hydrogen) atoms. The number of hydrogen-bond donors (Lipinski definition) is 2. The van der Waals surface area contributed by atoms with E-state index in [-0.39, 0.29) is 5.56 Å². The third-order valence-corrected chi connectivity index (χ3v) is 2.55.